The van der Waals surface area contributed by atoms with Crippen molar-refractivity contribution in [2.24, 2.45) is 0 Å². The zero-order chi connectivity index (χ0) is 22.7. The highest BCUT2D eigenvalue weighted by atomic mass is 32.1. The maximum atomic E-state index is 2.29. The van der Waals surface area contributed by atoms with E-state index in [1.54, 1.807) is 34.0 Å². The molecule has 0 fully saturated rings. The van der Waals surface area contributed by atoms with E-state index < -0.39 is 0 Å². The van der Waals surface area contributed by atoms with Crippen molar-refractivity contribution in [2.45, 2.75) is 5.92 Å². The Bertz CT molecular complexity index is 1250. The lowest BCUT2D eigenvalue weighted by atomic mass is 9.84. The molecule has 0 unspecified atom stereocenters. The predicted octanol–water partition coefficient (Wildman–Crippen LogP) is 10.1. The van der Waals surface area contributed by atoms with Gasteiger partial charge in [0, 0.05) is 20.5 Å². The smallest absolute Gasteiger partial charge is 0.0342 e. The van der Waals surface area contributed by atoms with Gasteiger partial charge in [0.25, 0.3) is 0 Å². The zero-order valence-electron chi connectivity index (χ0n) is 18.4. The minimum atomic E-state index is 0.187. The number of thiophene rings is 3. The fraction of sp³-hybridized carbons (Fsp3) is 0.0323. The van der Waals surface area contributed by atoms with Crippen molar-refractivity contribution in [2.75, 3.05) is 0 Å². The lowest BCUT2D eigenvalue weighted by molar-refractivity contribution is 0.978. The molecule has 6 aromatic rings. The molecule has 6 rings (SSSR count). The van der Waals surface area contributed by atoms with Gasteiger partial charge in [0.2, 0.25) is 0 Å². The number of benzene rings is 3. The molecular weight excluding hydrogens is 469 g/mol. The van der Waals surface area contributed by atoms with E-state index in [-0.39, 0.29) is 5.92 Å². The molecule has 0 saturated carbocycles. The van der Waals surface area contributed by atoms with Crippen LogP contribution in [0, 0.1) is 0 Å². The van der Waals surface area contributed by atoms with Gasteiger partial charge in [-0.3, -0.25) is 0 Å². The van der Waals surface area contributed by atoms with E-state index in [0.717, 1.165) is 0 Å². The average Bonchev–Trinajstić information content (AvgIpc) is 3.69. The van der Waals surface area contributed by atoms with Crippen LogP contribution in [-0.4, -0.2) is 0 Å². The van der Waals surface area contributed by atoms with Crippen LogP contribution in [0.5, 0.6) is 0 Å². The number of hydrogen-bond donors (Lipinski definition) is 0. The fourth-order valence-electron chi connectivity index (χ4n) is 4.43. The molecule has 0 saturated heterocycles. The van der Waals surface area contributed by atoms with Gasteiger partial charge >= 0.3 is 0 Å². The number of rotatable bonds is 6. The summed E-state index contributed by atoms with van der Waals surface area (Å²) < 4.78 is 0. The second-order valence-corrected chi connectivity index (χ2v) is 11.1. The lowest BCUT2D eigenvalue weighted by Crippen LogP contribution is -2.03. The van der Waals surface area contributed by atoms with Crippen molar-refractivity contribution < 1.29 is 0 Å². The fourth-order valence-corrected chi connectivity index (χ4v) is 6.62. The molecule has 3 aromatic carbocycles. The van der Waals surface area contributed by atoms with Gasteiger partial charge in [-0.2, -0.15) is 0 Å². The summed E-state index contributed by atoms with van der Waals surface area (Å²) in [6.07, 6.45) is 0. The zero-order valence-corrected chi connectivity index (χ0v) is 20.9. The highest BCUT2D eigenvalue weighted by molar-refractivity contribution is 7.14. The molecule has 0 aliphatic rings. The van der Waals surface area contributed by atoms with Gasteiger partial charge in [-0.15, -0.1) is 34.0 Å². The van der Waals surface area contributed by atoms with E-state index in [0.29, 0.717) is 0 Å². The summed E-state index contributed by atoms with van der Waals surface area (Å²) in [5, 5.41) is 6.41. The standard InChI is InChI=1S/C31H22S3/c1-4-28(32-19-1)22-7-13-25(14-8-22)31(26-15-9-23(10-16-26)29-5-2-20-33-29)27-17-11-24(12-18-27)30-6-3-21-34-30/h1-21,31H. The maximum Gasteiger partial charge on any atom is 0.0342 e. The van der Waals surface area contributed by atoms with Crippen molar-refractivity contribution in [3.8, 4) is 31.3 Å². The van der Waals surface area contributed by atoms with E-state index in [9.17, 15) is 0 Å². The van der Waals surface area contributed by atoms with Crippen molar-refractivity contribution >= 4 is 34.0 Å². The summed E-state index contributed by atoms with van der Waals surface area (Å²) in [6.45, 7) is 0. The molecule has 3 heteroatoms. The van der Waals surface area contributed by atoms with E-state index >= 15 is 0 Å². The van der Waals surface area contributed by atoms with Crippen molar-refractivity contribution in [1.82, 2.24) is 0 Å². The van der Waals surface area contributed by atoms with Crippen LogP contribution in [0.2, 0.25) is 0 Å². The van der Waals surface area contributed by atoms with E-state index in [1.807, 2.05) is 0 Å². The Labute approximate surface area is 212 Å². The molecule has 0 nitrogen and oxygen atoms in total. The van der Waals surface area contributed by atoms with Crippen molar-refractivity contribution in [3.63, 3.8) is 0 Å². The summed E-state index contributed by atoms with van der Waals surface area (Å²) in [5.41, 5.74) is 7.77. The highest BCUT2D eigenvalue weighted by Gasteiger charge is 2.18. The maximum absolute atomic E-state index is 2.29. The first-order valence-electron chi connectivity index (χ1n) is 11.3. The molecule has 3 heterocycles. The van der Waals surface area contributed by atoms with Crippen LogP contribution in [-0.2, 0) is 0 Å². The summed E-state index contributed by atoms with van der Waals surface area (Å²) in [6, 6.07) is 40.2. The first-order chi connectivity index (χ1) is 16.8. The Balaban J connectivity index is 1.39. The SMILES string of the molecule is c1csc(-c2ccc(C(c3ccc(-c4cccs4)cc3)c3ccc(-c4cccs4)cc3)cc2)c1. The predicted molar refractivity (Wildman–Crippen MR) is 150 cm³/mol. The van der Waals surface area contributed by atoms with E-state index in [2.05, 4.69) is 125 Å². The largest absolute Gasteiger partial charge is 0.144 e. The van der Waals surface area contributed by atoms with Crippen LogP contribution < -0.4 is 0 Å². The number of hydrogen-bond acceptors (Lipinski definition) is 3. The minimum absolute atomic E-state index is 0.187. The van der Waals surface area contributed by atoms with Crippen LogP contribution in [0.3, 0.4) is 0 Å². The third-order valence-corrected chi connectivity index (χ3v) is 8.91. The van der Waals surface area contributed by atoms with Crippen LogP contribution >= 0.6 is 34.0 Å². The summed E-state index contributed by atoms with van der Waals surface area (Å²) in [4.78, 5) is 3.93. The molecule has 34 heavy (non-hydrogen) atoms. The lowest BCUT2D eigenvalue weighted by Gasteiger charge is -2.20. The molecule has 0 atom stereocenters. The molecule has 0 bridgehead atoms. The Morgan fingerprint density at radius 3 is 0.882 bits per heavy atom. The summed E-state index contributed by atoms with van der Waals surface area (Å²) >= 11 is 5.36. The van der Waals surface area contributed by atoms with E-state index in [1.165, 1.54) is 48.0 Å². The molecule has 0 aliphatic carbocycles. The highest BCUT2D eigenvalue weighted by Crippen LogP contribution is 2.36. The van der Waals surface area contributed by atoms with Crippen molar-refractivity contribution in [1.29, 1.82) is 0 Å². The molecule has 0 N–H and O–H groups in total. The Hall–Kier alpha value is -3.24. The summed E-state index contributed by atoms with van der Waals surface area (Å²) in [5.74, 6) is 0.187. The monoisotopic (exact) mass is 490 g/mol. The quantitative estimate of drug-likeness (QED) is 0.204. The molecular formula is C31H22S3. The van der Waals surface area contributed by atoms with Gasteiger partial charge in [-0.25, -0.2) is 0 Å². The minimum Gasteiger partial charge on any atom is -0.144 e. The van der Waals surface area contributed by atoms with Crippen LogP contribution in [0.1, 0.15) is 22.6 Å². The van der Waals surface area contributed by atoms with Crippen LogP contribution in [0.25, 0.3) is 31.3 Å². The first-order valence-corrected chi connectivity index (χ1v) is 13.9. The Morgan fingerprint density at radius 1 is 0.353 bits per heavy atom. The Kier molecular flexibility index (Phi) is 5.99. The average molecular weight is 491 g/mol. The van der Waals surface area contributed by atoms with Crippen LogP contribution in [0.15, 0.2) is 125 Å². The van der Waals surface area contributed by atoms with Gasteiger partial charge in [0.1, 0.15) is 0 Å². The van der Waals surface area contributed by atoms with Gasteiger partial charge < -0.3 is 0 Å². The van der Waals surface area contributed by atoms with E-state index in [4.69, 9.17) is 0 Å². The molecule has 0 amide bonds. The molecule has 0 aliphatic heterocycles. The third-order valence-electron chi connectivity index (χ3n) is 6.15. The van der Waals surface area contributed by atoms with Gasteiger partial charge in [-0.05, 0) is 67.7 Å². The first kappa shape index (κ1) is 21.3. The second-order valence-electron chi connectivity index (χ2n) is 8.23. The van der Waals surface area contributed by atoms with Crippen LogP contribution in [0.4, 0.5) is 0 Å². The molecule has 164 valence electrons. The van der Waals surface area contributed by atoms with Gasteiger partial charge in [0.15, 0.2) is 0 Å². The summed E-state index contributed by atoms with van der Waals surface area (Å²) in [7, 11) is 0. The molecule has 3 aromatic heterocycles. The normalized spacial score (nSPS) is 11.2. The second kappa shape index (κ2) is 9.55. The Morgan fingerprint density at radius 2 is 0.647 bits per heavy atom. The van der Waals surface area contributed by atoms with Gasteiger partial charge in [-0.1, -0.05) is 91.0 Å². The van der Waals surface area contributed by atoms with Crippen molar-refractivity contribution in [3.05, 3.63) is 142 Å². The van der Waals surface area contributed by atoms with Gasteiger partial charge in [0.05, 0.1) is 0 Å². The molecule has 0 radical (unpaired) electrons. The third kappa shape index (κ3) is 4.30. The molecule has 0 spiro atoms. The topological polar surface area (TPSA) is 0 Å².